The molecule has 0 amide bonds. The predicted octanol–water partition coefficient (Wildman–Crippen LogP) is -0.0627. The van der Waals surface area contributed by atoms with Crippen molar-refractivity contribution in [2.45, 2.75) is 18.9 Å². The largest absolute Gasteiger partial charge is 0.313 e. The van der Waals surface area contributed by atoms with Gasteiger partial charge in [0.2, 0.25) is 0 Å². The normalized spacial score (nSPS) is 43.8. The van der Waals surface area contributed by atoms with Crippen molar-refractivity contribution in [3.8, 4) is 0 Å². The van der Waals surface area contributed by atoms with Gasteiger partial charge in [0.1, 0.15) is 5.78 Å². The summed E-state index contributed by atoms with van der Waals surface area (Å²) in [6, 6.07) is 0.572. The summed E-state index contributed by atoms with van der Waals surface area (Å²) in [5, 5.41) is 3.27. The maximum Gasteiger partial charge on any atom is 0.139 e. The molecule has 2 nitrogen and oxygen atoms in total. The molecule has 2 atom stereocenters. The van der Waals surface area contributed by atoms with E-state index < -0.39 is 0 Å². The second-order valence-corrected chi connectivity index (χ2v) is 2.63. The topological polar surface area (TPSA) is 29.1 Å². The summed E-state index contributed by atoms with van der Waals surface area (Å²) in [5.41, 5.74) is 0. The van der Waals surface area contributed by atoms with E-state index in [4.69, 9.17) is 0 Å². The molecule has 2 aliphatic rings. The van der Waals surface area contributed by atoms with Gasteiger partial charge in [0.25, 0.3) is 0 Å². The lowest BCUT2D eigenvalue weighted by Gasteiger charge is -2.27. The van der Waals surface area contributed by atoms with Crippen LogP contribution in [0.2, 0.25) is 0 Å². The summed E-state index contributed by atoms with van der Waals surface area (Å²) >= 11 is 0. The average molecular weight is 111 g/mol. The molecule has 0 aromatic carbocycles. The third kappa shape index (κ3) is 0.388. The Bertz CT molecular complexity index is 132. The highest BCUT2D eigenvalue weighted by atomic mass is 16.1. The minimum absolute atomic E-state index is 0.412. The van der Waals surface area contributed by atoms with Crippen molar-refractivity contribution in [1.82, 2.24) is 5.32 Å². The monoisotopic (exact) mass is 111 g/mol. The van der Waals surface area contributed by atoms with Crippen LogP contribution in [0, 0.1) is 5.92 Å². The fourth-order valence-corrected chi connectivity index (χ4v) is 1.58. The Morgan fingerprint density at radius 3 is 3.00 bits per heavy atom. The Hall–Kier alpha value is -0.370. The number of carbonyl (C=O) groups is 1. The van der Waals surface area contributed by atoms with E-state index in [-0.39, 0.29) is 0 Å². The van der Waals surface area contributed by atoms with E-state index >= 15 is 0 Å². The first-order chi connectivity index (χ1) is 3.88. The molecule has 2 fully saturated rings. The van der Waals surface area contributed by atoms with E-state index in [9.17, 15) is 4.79 Å². The van der Waals surface area contributed by atoms with Gasteiger partial charge >= 0.3 is 0 Å². The van der Waals surface area contributed by atoms with Gasteiger partial charge in [-0.2, -0.15) is 0 Å². The van der Waals surface area contributed by atoms with Gasteiger partial charge < -0.3 is 5.32 Å². The first kappa shape index (κ1) is 4.50. The van der Waals surface area contributed by atoms with Crippen LogP contribution in [-0.2, 0) is 4.79 Å². The van der Waals surface area contributed by atoms with Crippen LogP contribution < -0.4 is 5.32 Å². The van der Waals surface area contributed by atoms with Gasteiger partial charge in [-0.3, -0.25) is 4.79 Å². The van der Waals surface area contributed by atoms with Crippen LogP contribution in [0.1, 0.15) is 12.8 Å². The molecule has 1 heterocycles. The third-order valence-electron chi connectivity index (χ3n) is 2.18. The van der Waals surface area contributed by atoms with Crippen LogP contribution in [-0.4, -0.2) is 18.4 Å². The van der Waals surface area contributed by atoms with Crippen molar-refractivity contribution >= 4 is 5.78 Å². The Morgan fingerprint density at radius 1 is 1.62 bits per heavy atom. The molecule has 1 aliphatic heterocycles. The maximum atomic E-state index is 10.7. The van der Waals surface area contributed by atoms with Crippen molar-refractivity contribution in [1.29, 1.82) is 0 Å². The average Bonchev–Trinajstić information content (AvgIpc) is 2.09. The quantitative estimate of drug-likeness (QED) is 0.474. The number of fused-ring (bicyclic) bond motifs is 1. The number of hydrogen-bond donors (Lipinski definition) is 1. The standard InChI is InChI=1S/C6H9NO/c8-6-3-5-4(6)1-2-7-5/h4-5,7H,1-3H2. The molecule has 1 aliphatic carbocycles. The molecule has 0 radical (unpaired) electrons. The summed E-state index contributed by atoms with van der Waals surface area (Å²) in [7, 11) is 0. The first-order valence-electron chi connectivity index (χ1n) is 3.14. The lowest BCUT2D eigenvalue weighted by Crippen LogP contribution is -2.43. The third-order valence-corrected chi connectivity index (χ3v) is 2.18. The zero-order valence-corrected chi connectivity index (χ0v) is 4.68. The van der Waals surface area contributed by atoms with Crippen LogP contribution in [0.4, 0.5) is 0 Å². The minimum atomic E-state index is 0.412. The number of nitrogens with one attached hydrogen (secondary N) is 1. The first-order valence-corrected chi connectivity index (χ1v) is 3.14. The lowest BCUT2D eigenvalue weighted by molar-refractivity contribution is -0.129. The summed E-state index contributed by atoms with van der Waals surface area (Å²) in [5.74, 6) is 0.884. The predicted molar refractivity (Wildman–Crippen MR) is 29.5 cm³/mol. The molecular formula is C6H9NO. The smallest absolute Gasteiger partial charge is 0.139 e. The fraction of sp³-hybridized carbons (Fsp3) is 0.833. The van der Waals surface area contributed by atoms with Crippen LogP contribution in [0.15, 0.2) is 0 Å². The molecule has 2 rings (SSSR count). The Morgan fingerprint density at radius 2 is 2.50 bits per heavy atom. The Kier molecular flexibility index (Phi) is 0.742. The number of Topliss-reactive ketones (excluding diaryl/α,β-unsaturated/α-hetero) is 1. The van der Waals surface area contributed by atoms with Crippen molar-refractivity contribution in [3.05, 3.63) is 0 Å². The highest BCUT2D eigenvalue weighted by Gasteiger charge is 2.42. The van der Waals surface area contributed by atoms with E-state index in [2.05, 4.69) is 5.32 Å². The van der Waals surface area contributed by atoms with Crippen molar-refractivity contribution < 1.29 is 4.79 Å². The zero-order chi connectivity index (χ0) is 5.56. The molecular weight excluding hydrogens is 102 g/mol. The summed E-state index contributed by atoms with van der Waals surface area (Å²) in [6.45, 7) is 1.06. The van der Waals surface area contributed by atoms with Crippen molar-refractivity contribution in [2.24, 2.45) is 5.92 Å². The van der Waals surface area contributed by atoms with Crippen molar-refractivity contribution in [2.75, 3.05) is 6.54 Å². The summed E-state index contributed by atoms with van der Waals surface area (Å²) < 4.78 is 0. The van der Waals surface area contributed by atoms with Gasteiger partial charge in [-0.15, -0.1) is 0 Å². The molecule has 2 unspecified atom stereocenters. The van der Waals surface area contributed by atoms with E-state index in [1.54, 1.807) is 0 Å². The second-order valence-electron chi connectivity index (χ2n) is 2.63. The number of hydrogen-bond acceptors (Lipinski definition) is 2. The summed E-state index contributed by atoms with van der Waals surface area (Å²) in [4.78, 5) is 10.7. The second kappa shape index (κ2) is 1.32. The highest BCUT2D eigenvalue weighted by Crippen LogP contribution is 2.30. The minimum Gasteiger partial charge on any atom is -0.313 e. The zero-order valence-electron chi connectivity index (χ0n) is 4.68. The van der Waals surface area contributed by atoms with E-state index in [1.165, 1.54) is 0 Å². The molecule has 44 valence electrons. The number of ketones is 1. The molecule has 0 aromatic heterocycles. The molecule has 1 saturated heterocycles. The van der Waals surface area contributed by atoms with E-state index in [0.29, 0.717) is 17.7 Å². The van der Waals surface area contributed by atoms with Gasteiger partial charge in [-0.05, 0) is 13.0 Å². The molecule has 0 spiro atoms. The van der Waals surface area contributed by atoms with Gasteiger partial charge in [0.05, 0.1) is 0 Å². The summed E-state index contributed by atoms with van der Waals surface area (Å²) in [6.07, 6.45) is 1.88. The van der Waals surface area contributed by atoms with Gasteiger partial charge in [0, 0.05) is 18.4 Å². The lowest BCUT2D eigenvalue weighted by atomic mass is 9.79. The number of carbonyl (C=O) groups excluding carboxylic acids is 1. The fourth-order valence-electron chi connectivity index (χ4n) is 1.58. The van der Waals surface area contributed by atoms with Crippen molar-refractivity contribution in [3.63, 3.8) is 0 Å². The van der Waals surface area contributed by atoms with Crippen LogP contribution in [0.5, 0.6) is 0 Å². The van der Waals surface area contributed by atoms with Gasteiger partial charge in [0.15, 0.2) is 0 Å². The van der Waals surface area contributed by atoms with Gasteiger partial charge in [-0.1, -0.05) is 0 Å². The highest BCUT2D eigenvalue weighted by molar-refractivity contribution is 5.89. The van der Waals surface area contributed by atoms with Gasteiger partial charge in [-0.25, -0.2) is 0 Å². The van der Waals surface area contributed by atoms with Crippen LogP contribution >= 0.6 is 0 Å². The Labute approximate surface area is 48.3 Å². The van der Waals surface area contributed by atoms with Crippen LogP contribution in [0.3, 0.4) is 0 Å². The maximum absolute atomic E-state index is 10.7. The Balaban J connectivity index is 2.11. The molecule has 2 heteroatoms. The molecule has 0 bridgehead atoms. The molecule has 0 aromatic rings. The van der Waals surface area contributed by atoms with E-state index in [1.807, 2.05) is 0 Å². The molecule has 1 saturated carbocycles. The molecule has 8 heavy (non-hydrogen) atoms. The van der Waals surface area contributed by atoms with Crippen LogP contribution in [0.25, 0.3) is 0 Å². The SMILES string of the molecule is O=C1CC2NCCC12. The molecule has 1 N–H and O–H groups in total. The van der Waals surface area contributed by atoms with E-state index in [0.717, 1.165) is 19.4 Å². The number of rotatable bonds is 0.